The Bertz CT molecular complexity index is 364. The van der Waals surface area contributed by atoms with Crippen LogP contribution in [0.1, 0.15) is 51.4 Å². The van der Waals surface area contributed by atoms with Gasteiger partial charge >= 0.3 is 0 Å². The van der Waals surface area contributed by atoms with Crippen LogP contribution < -0.4 is 10.6 Å². The zero-order chi connectivity index (χ0) is 14.6. The van der Waals surface area contributed by atoms with Crippen LogP contribution in [0.5, 0.6) is 0 Å². The maximum atomic E-state index is 12.6. The number of likely N-dealkylation sites (tertiary alicyclic amines) is 1. The van der Waals surface area contributed by atoms with Gasteiger partial charge in [-0.1, -0.05) is 19.3 Å². The molecule has 0 aromatic heterocycles. The topological polar surface area (TPSA) is 61.4 Å². The number of likely N-dealkylation sites (N-methyl/N-ethyl adjacent to an activating group) is 1. The van der Waals surface area contributed by atoms with E-state index in [1.807, 2.05) is 7.05 Å². The van der Waals surface area contributed by atoms with Crippen LogP contribution in [0, 0.1) is 0 Å². The minimum Gasteiger partial charge on any atom is -0.357 e. The molecule has 5 nitrogen and oxygen atoms in total. The SMILES string of the molecule is CNC(=O)C1CCCN1C(=O)CC1(NC)CCCCC1. The Kier molecular flexibility index (Phi) is 5.02. The number of nitrogens with one attached hydrogen (secondary N) is 2. The predicted octanol–water partition coefficient (Wildman–Crippen LogP) is 1.04. The third-order valence-electron chi connectivity index (χ3n) is 4.95. The zero-order valence-electron chi connectivity index (χ0n) is 12.7. The number of rotatable bonds is 4. The molecule has 2 amide bonds. The van der Waals surface area contributed by atoms with E-state index in [1.54, 1.807) is 11.9 Å². The Balaban J connectivity index is 2.01. The van der Waals surface area contributed by atoms with Crippen LogP contribution in [-0.2, 0) is 9.59 Å². The summed E-state index contributed by atoms with van der Waals surface area (Å²) < 4.78 is 0. The summed E-state index contributed by atoms with van der Waals surface area (Å²) in [7, 11) is 3.60. The van der Waals surface area contributed by atoms with Crippen LogP contribution in [0.4, 0.5) is 0 Å². The van der Waals surface area contributed by atoms with Crippen molar-refractivity contribution in [3.63, 3.8) is 0 Å². The van der Waals surface area contributed by atoms with Crippen LogP contribution in [-0.4, -0.2) is 48.9 Å². The van der Waals surface area contributed by atoms with Crippen molar-refractivity contribution >= 4 is 11.8 Å². The normalized spacial score (nSPS) is 25.5. The van der Waals surface area contributed by atoms with E-state index in [2.05, 4.69) is 10.6 Å². The Morgan fingerprint density at radius 3 is 2.45 bits per heavy atom. The lowest BCUT2D eigenvalue weighted by Crippen LogP contribution is -2.51. The summed E-state index contributed by atoms with van der Waals surface area (Å²) in [6, 6.07) is -0.259. The molecule has 0 spiro atoms. The van der Waals surface area contributed by atoms with Gasteiger partial charge in [0.1, 0.15) is 6.04 Å². The molecular formula is C15H27N3O2. The van der Waals surface area contributed by atoms with Crippen molar-refractivity contribution in [2.24, 2.45) is 0 Å². The van der Waals surface area contributed by atoms with Crippen molar-refractivity contribution in [3.8, 4) is 0 Å². The number of carbonyl (C=O) groups excluding carboxylic acids is 2. The predicted molar refractivity (Wildman–Crippen MR) is 78.3 cm³/mol. The highest BCUT2D eigenvalue weighted by Crippen LogP contribution is 2.32. The summed E-state index contributed by atoms with van der Waals surface area (Å²) in [6.45, 7) is 0.719. The Morgan fingerprint density at radius 1 is 1.15 bits per heavy atom. The van der Waals surface area contributed by atoms with E-state index in [9.17, 15) is 9.59 Å². The van der Waals surface area contributed by atoms with E-state index in [1.165, 1.54) is 19.3 Å². The van der Waals surface area contributed by atoms with Gasteiger partial charge in [-0.25, -0.2) is 0 Å². The van der Waals surface area contributed by atoms with Crippen LogP contribution in [0.25, 0.3) is 0 Å². The fourth-order valence-electron chi connectivity index (χ4n) is 3.64. The largest absolute Gasteiger partial charge is 0.357 e. The first-order valence-corrected chi connectivity index (χ1v) is 7.82. The van der Waals surface area contributed by atoms with Gasteiger partial charge in [0, 0.05) is 25.6 Å². The maximum Gasteiger partial charge on any atom is 0.242 e. The summed E-state index contributed by atoms with van der Waals surface area (Å²) in [5, 5.41) is 6.05. The molecule has 2 fully saturated rings. The fraction of sp³-hybridized carbons (Fsp3) is 0.867. The van der Waals surface area contributed by atoms with Crippen LogP contribution in [0.3, 0.4) is 0 Å². The Hall–Kier alpha value is -1.10. The van der Waals surface area contributed by atoms with Crippen LogP contribution >= 0.6 is 0 Å². The monoisotopic (exact) mass is 281 g/mol. The highest BCUT2D eigenvalue weighted by Gasteiger charge is 2.38. The molecule has 0 bridgehead atoms. The van der Waals surface area contributed by atoms with E-state index < -0.39 is 0 Å². The first-order valence-electron chi connectivity index (χ1n) is 7.82. The maximum absolute atomic E-state index is 12.6. The molecule has 2 rings (SSSR count). The van der Waals surface area contributed by atoms with Gasteiger partial charge in [-0.05, 0) is 32.7 Å². The molecule has 1 aliphatic carbocycles. The molecule has 114 valence electrons. The molecule has 0 aromatic rings. The molecule has 1 atom stereocenters. The number of hydrogen-bond acceptors (Lipinski definition) is 3. The molecule has 0 aromatic carbocycles. The lowest BCUT2D eigenvalue weighted by molar-refractivity contribution is -0.139. The quantitative estimate of drug-likeness (QED) is 0.809. The lowest BCUT2D eigenvalue weighted by Gasteiger charge is -2.38. The van der Waals surface area contributed by atoms with Gasteiger partial charge in [0.05, 0.1) is 0 Å². The molecule has 1 heterocycles. The second kappa shape index (κ2) is 6.57. The van der Waals surface area contributed by atoms with E-state index in [4.69, 9.17) is 0 Å². The van der Waals surface area contributed by atoms with E-state index in [0.29, 0.717) is 6.42 Å². The van der Waals surface area contributed by atoms with Gasteiger partial charge in [0.15, 0.2) is 0 Å². The summed E-state index contributed by atoms with van der Waals surface area (Å²) in [6.07, 6.45) is 8.01. The van der Waals surface area contributed by atoms with Gasteiger partial charge in [-0.15, -0.1) is 0 Å². The second-order valence-corrected chi connectivity index (χ2v) is 6.13. The molecular weight excluding hydrogens is 254 g/mol. The van der Waals surface area contributed by atoms with Crippen LogP contribution in [0.2, 0.25) is 0 Å². The fourth-order valence-corrected chi connectivity index (χ4v) is 3.64. The summed E-state index contributed by atoms with van der Waals surface area (Å²) in [5.41, 5.74) is -0.0504. The summed E-state index contributed by atoms with van der Waals surface area (Å²) in [5.74, 6) is 0.102. The van der Waals surface area contributed by atoms with Gasteiger partial charge < -0.3 is 15.5 Å². The number of hydrogen-bond donors (Lipinski definition) is 2. The third-order valence-corrected chi connectivity index (χ3v) is 4.95. The number of carbonyl (C=O) groups is 2. The van der Waals surface area contributed by atoms with Crippen LogP contribution in [0.15, 0.2) is 0 Å². The molecule has 2 N–H and O–H groups in total. The summed E-state index contributed by atoms with van der Waals surface area (Å²) in [4.78, 5) is 26.2. The third kappa shape index (κ3) is 3.14. The first kappa shape index (κ1) is 15.3. The van der Waals surface area contributed by atoms with E-state index >= 15 is 0 Å². The summed E-state index contributed by atoms with van der Waals surface area (Å²) >= 11 is 0. The average Bonchev–Trinajstić information content (AvgIpc) is 2.97. The van der Waals surface area contributed by atoms with Crippen molar-refractivity contribution in [2.75, 3.05) is 20.6 Å². The number of amides is 2. The standard InChI is InChI=1S/C15H27N3O2/c1-16-14(20)12-7-6-10-18(12)13(19)11-15(17-2)8-4-3-5-9-15/h12,17H,3-11H2,1-2H3,(H,16,20). The average molecular weight is 281 g/mol. The molecule has 1 aliphatic heterocycles. The minimum atomic E-state index is -0.259. The molecule has 20 heavy (non-hydrogen) atoms. The highest BCUT2D eigenvalue weighted by atomic mass is 16.2. The molecule has 2 aliphatic rings. The van der Waals surface area contributed by atoms with Crippen molar-refractivity contribution in [3.05, 3.63) is 0 Å². The Labute approximate surface area is 121 Å². The molecule has 1 saturated carbocycles. The van der Waals surface area contributed by atoms with Gasteiger partial charge in [-0.2, -0.15) is 0 Å². The smallest absolute Gasteiger partial charge is 0.242 e. The molecule has 1 saturated heterocycles. The van der Waals surface area contributed by atoms with E-state index in [0.717, 1.165) is 32.2 Å². The van der Waals surface area contributed by atoms with Crippen molar-refractivity contribution in [2.45, 2.75) is 62.9 Å². The second-order valence-electron chi connectivity index (χ2n) is 6.13. The number of nitrogens with zero attached hydrogens (tertiary/aromatic N) is 1. The molecule has 5 heteroatoms. The van der Waals surface area contributed by atoms with Gasteiger partial charge in [0.2, 0.25) is 11.8 Å². The zero-order valence-corrected chi connectivity index (χ0v) is 12.7. The lowest BCUT2D eigenvalue weighted by atomic mass is 9.79. The highest BCUT2D eigenvalue weighted by molar-refractivity contribution is 5.88. The van der Waals surface area contributed by atoms with Crippen molar-refractivity contribution in [1.82, 2.24) is 15.5 Å². The molecule has 0 radical (unpaired) electrons. The Morgan fingerprint density at radius 2 is 1.85 bits per heavy atom. The van der Waals surface area contributed by atoms with Gasteiger partial charge in [0.25, 0.3) is 0 Å². The minimum absolute atomic E-state index is 0.0296. The van der Waals surface area contributed by atoms with Gasteiger partial charge in [-0.3, -0.25) is 9.59 Å². The molecule has 1 unspecified atom stereocenters. The van der Waals surface area contributed by atoms with E-state index in [-0.39, 0.29) is 23.4 Å². The van der Waals surface area contributed by atoms with Crippen molar-refractivity contribution < 1.29 is 9.59 Å². The van der Waals surface area contributed by atoms with Crippen molar-refractivity contribution in [1.29, 1.82) is 0 Å². The first-order chi connectivity index (χ1) is 9.62.